The highest BCUT2D eigenvalue weighted by molar-refractivity contribution is 14.0. The number of aromatic nitrogens is 1. The third-order valence-corrected chi connectivity index (χ3v) is 3.58. The van der Waals surface area contributed by atoms with Crippen LogP contribution in [0.25, 0.3) is 0 Å². The molecule has 6 nitrogen and oxygen atoms in total. The quantitative estimate of drug-likeness (QED) is 0.312. The molecule has 0 aliphatic rings. The van der Waals surface area contributed by atoms with Crippen LogP contribution >= 0.6 is 24.0 Å². The molecule has 0 saturated carbocycles. The summed E-state index contributed by atoms with van der Waals surface area (Å²) < 4.78 is 46.6. The van der Waals surface area contributed by atoms with Gasteiger partial charge >= 0.3 is 6.18 Å². The fourth-order valence-corrected chi connectivity index (χ4v) is 2.29. The number of nitrogens with zero attached hydrogens (tertiary/aromatic N) is 2. The van der Waals surface area contributed by atoms with Crippen molar-refractivity contribution in [2.24, 2.45) is 4.99 Å². The lowest BCUT2D eigenvalue weighted by Crippen LogP contribution is -2.36. The number of hydrogen-bond donors (Lipinski definition) is 2. The van der Waals surface area contributed by atoms with Crippen LogP contribution in [-0.2, 0) is 13.1 Å². The van der Waals surface area contributed by atoms with E-state index in [1.165, 1.54) is 12.3 Å². The Kier molecular flexibility index (Phi) is 10.6. The van der Waals surface area contributed by atoms with Gasteiger partial charge in [0, 0.05) is 38.0 Å². The van der Waals surface area contributed by atoms with Gasteiger partial charge in [-0.2, -0.15) is 13.2 Å². The molecule has 29 heavy (non-hydrogen) atoms. The van der Waals surface area contributed by atoms with Crippen molar-refractivity contribution < 1.29 is 22.6 Å². The highest BCUT2D eigenvalue weighted by Crippen LogP contribution is 2.18. The van der Waals surface area contributed by atoms with Crippen LogP contribution in [0.2, 0.25) is 0 Å². The first-order valence-corrected chi connectivity index (χ1v) is 8.71. The number of alkyl halides is 3. The summed E-state index contributed by atoms with van der Waals surface area (Å²) in [6.45, 7) is 2.08. The standard InChI is InChI=1S/C19H23F3N4O2.HI/c1-3-27-16-7-5-4-6-15(16)12-26-18(23-2)25-11-14-8-9-17(24-10-14)28-13-19(20,21)22;/h4-10H,3,11-13H2,1-2H3,(H2,23,25,26);1H. The third kappa shape index (κ3) is 9.20. The van der Waals surface area contributed by atoms with Crippen molar-refractivity contribution in [3.8, 4) is 11.6 Å². The van der Waals surface area contributed by atoms with Crippen molar-refractivity contribution in [3.63, 3.8) is 0 Å². The van der Waals surface area contributed by atoms with Crippen LogP contribution in [0.15, 0.2) is 47.6 Å². The smallest absolute Gasteiger partial charge is 0.422 e. The molecule has 0 unspecified atom stereocenters. The van der Waals surface area contributed by atoms with E-state index in [1.54, 1.807) is 13.1 Å². The Bertz CT molecular complexity index is 771. The second kappa shape index (κ2) is 12.3. The van der Waals surface area contributed by atoms with E-state index in [2.05, 4.69) is 25.3 Å². The molecule has 0 bridgehead atoms. The van der Waals surface area contributed by atoms with Crippen LogP contribution in [0.4, 0.5) is 13.2 Å². The van der Waals surface area contributed by atoms with Crippen molar-refractivity contribution in [2.75, 3.05) is 20.3 Å². The minimum Gasteiger partial charge on any atom is -0.494 e. The summed E-state index contributed by atoms with van der Waals surface area (Å²) in [7, 11) is 1.65. The predicted octanol–water partition coefficient (Wildman–Crippen LogP) is 3.90. The van der Waals surface area contributed by atoms with E-state index in [9.17, 15) is 13.2 Å². The summed E-state index contributed by atoms with van der Waals surface area (Å²) in [4.78, 5) is 8.02. The second-order valence-electron chi connectivity index (χ2n) is 5.73. The molecule has 1 aromatic heterocycles. The normalized spacial score (nSPS) is 11.4. The SMILES string of the molecule is CCOc1ccccc1CNC(=NC)NCc1ccc(OCC(F)(F)F)nc1.I. The molecule has 0 spiro atoms. The minimum absolute atomic E-state index is 0. The van der Waals surface area contributed by atoms with Gasteiger partial charge in [-0.15, -0.1) is 24.0 Å². The molecule has 1 heterocycles. The van der Waals surface area contributed by atoms with E-state index in [1.807, 2.05) is 31.2 Å². The average Bonchev–Trinajstić information content (AvgIpc) is 2.68. The molecule has 0 atom stereocenters. The van der Waals surface area contributed by atoms with E-state index in [4.69, 9.17) is 4.74 Å². The number of ether oxygens (including phenoxy) is 2. The molecular weight excluding hydrogens is 500 g/mol. The maximum absolute atomic E-state index is 12.1. The summed E-state index contributed by atoms with van der Waals surface area (Å²) in [5, 5.41) is 6.31. The number of aliphatic imine (C=N–C) groups is 1. The van der Waals surface area contributed by atoms with Gasteiger partial charge in [-0.3, -0.25) is 4.99 Å². The van der Waals surface area contributed by atoms with E-state index >= 15 is 0 Å². The first-order valence-electron chi connectivity index (χ1n) is 8.71. The van der Waals surface area contributed by atoms with Crippen LogP contribution in [0.1, 0.15) is 18.1 Å². The fraction of sp³-hybridized carbons (Fsp3) is 0.368. The van der Waals surface area contributed by atoms with Gasteiger partial charge in [-0.1, -0.05) is 24.3 Å². The van der Waals surface area contributed by atoms with Crippen LogP contribution < -0.4 is 20.1 Å². The number of para-hydroxylation sites is 1. The number of nitrogens with one attached hydrogen (secondary N) is 2. The highest BCUT2D eigenvalue weighted by Gasteiger charge is 2.28. The number of guanidine groups is 1. The molecule has 1 aromatic carbocycles. The van der Waals surface area contributed by atoms with Gasteiger partial charge in [-0.25, -0.2) is 4.98 Å². The Balaban J connectivity index is 0.00000420. The lowest BCUT2D eigenvalue weighted by Gasteiger charge is -2.14. The molecule has 0 radical (unpaired) electrons. The van der Waals surface area contributed by atoms with E-state index in [0.29, 0.717) is 25.7 Å². The van der Waals surface area contributed by atoms with Gasteiger partial charge in [-0.05, 0) is 18.6 Å². The summed E-state index contributed by atoms with van der Waals surface area (Å²) in [6, 6.07) is 10.8. The maximum atomic E-state index is 12.1. The topological polar surface area (TPSA) is 67.8 Å². The third-order valence-electron chi connectivity index (χ3n) is 3.58. The van der Waals surface area contributed by atoms with Gasteiger partial charge < -0.3 is 20.1 Å². The van der Waals surface area contributed by atoms with Gasteiger partial charge in [0.25, 0.3) is 0 Å². The van der Waals surface area contributed by atoms with Crippen molar-refractivity contribution in [1.29, 1.82) is 0 Å². The van der Waals surface area contributed by atoms with Crippen molar-refractivity contribution >= 4 is 29.9 Å². The van der Waals surface area contributed by atoms with E-state index in [0.717, 1.165) is 16.9 Å². The molecule has 10 heteroatoms. The van der Waals surface area contributed by atoms with Crippen molar-refractivity contribution in [1.82, 2.24) is 15.6 Å². The number of hydrogen-bond acceptors (Lipinski definition) is 4. The summed E-state index contributed by atoms with van der Waals surface area (Å²) in [6.07, 6.45) is -2.93. The molecule has 0 saturated heterocycles. The molecule has 0 aliphatic heterocycles. The monoisotopic (exact) mass is 524 g/mol. The average molecular weight is 524 g/mol. The Morgan fingerprint density at radius 1 is 1.07 bits per heavy atom. The minimum atomic E-state index is -4.39. The van der Waals surface area contributed by atoms with Crippen LogP contribution in [-0.4, -0.2) is 37.4 Å². The molecule has 0 amide bonds. The van der Waals surface area contributed by atoms with Gasteiger partial charge in [0.1, 0.15) is 5.75 Å². The molecule has 0 fully saturated rings. The molecule has 160 valence electrons. The van der Waals surface area contributed by atoms with E-state index < -0.39 is 12.8 Å². The molecule has 2 aromatic rings. The molecule has 0 aliphatic carbocycles. The van der Waals surface area contributed by atoms with Crippen LogP contribution in [0.5, 0.6) is 11.6 Å². The Labute approximate surface area is 184 Å². The Morgan fingerprint density at radius 3 is 2.41 bits per heavy atom. The summed E-state index contributed by atoms with van der Waals surface area (Å²) >= 11 is 0. The Morgan fingerprint density at radius 2 is 1.79 bits per heavy atom. The fourth-order valence-electron chi connectivity index (χ4n) is 2.29. The number of halogens is 4. The van der Waals surface area contributed by atoms with E-state index in [-0.39, 0.29) is 29.9 Å². The van der Waals surface area contributed by atoms with Gasteiger partial charge in [0.15, 0.2) is 12.6 Å². The first-order chi connectivity index (χ1) is 13.4. The first kappa shape index (κ1) is 24.8. The number of pyridine rings is 1. The van der Waals surface area contributed by atoms with Crippen molar-refractivity contribution in [2.45, 2.75) is 26.2 Å². The molecular formula is C19H24F3IN4O2. The Hall–Kier alpha value is -2.24. The molecule has 2 rings (SSSR count). The van der Waals surface area contributed by atoms with Crippen molar-refractivity contribution in [3.05, 3.63) is 53.7 Å². The highest BCUT2D eigenvalue weighted by atomic mass is 127. The zero-order valence-electron chi connectivity index (χ0n) is 16.1. The zero-order chi connectivity index (χ0) is 20.4. The molecule has 2 N–H and O–H groups in total. The number of benzene rings is 1. The lowest BCUT2D eigenvalue weighted by atomic mass is 10.2. The summed E-state index contributed by atoms with van der Waals surface area (Å²) in [5.41, 5.74) is 1.78. The second-order valence-corrected chi connectivity index (χ2v) is 5.73. The van der Waals surface area contributed by atoms with Gasteiger partial charge in [0.2, 0.25) is 5.88 Å². The van der Waals surface area contributed by atoms with Gasteiger partial charge in [0.05, 0.1) is 6.61 Å². The summed E-state index contributed by atoms with van der Waals surface area (Å²) in [5.74, 6) is 1.31. The predicted molar refractivity (Wildman–Crippen MR) is 116 cm³/mol. The van der Waals surface area contributed by atoms with Crippen LogP contribution in [0.3, 0.4) is 0 Å². The zero-order valence-corrected chi connectivity index (χ0v) is 18.5. The number of rotatable bonds is 8. The lowest BCUT2D eigenvalue weighted by molar-refractivity contribution is -0.154. The van der Waals surface area contributed by atoms with Crippen LogP contribution in [0, 0.1) is 0 Å². The largest absolute Gasteiger partial charge is 0.494 e. The maximum Gasteiger partial charge on any atom is 0.422 e.